The maximum Gasteiger partial charge on any atom is 0.270 e. The lowest BCUT2D eigenvalue weighted by molar-refractivity contribution is 0.446. The van der Waals surface area contributed by atoms with E-state index in [1.165, 1.54) is 12.8 Å². The van der Waals surface area contributed by atoms with E-state index in [1.54, 1.807) is 0 Å². The third-order valence-corrected chi connectivity index (χ3v) is 3.45. The van der Waals surface area contributed by atoms with Crippen molar-refractivity contribution in [3.63, 3.8) is 0 Å². The second-order valence-electron chi connectivity index (χ2n) is 3.93. The number of hydrogen-bond acceptors (Lipinski definition) is 4. The Labute approximate surface area is 102 Å². The third-order valence-electron chi connectivity index (χ3n) is 2.74. The molecule has 0 aliphatic carbocycles. The molecule has 5 nitrogen and oxygen atoms in total. The summed E-state index contributed by atoms with van der Waals surface area (Å²) in [6, 6.07) is 0. The Morgan fingerprint density at radius 2 is 1.88 bits per heavy atom. The zero-order valence-electron chi connectivity index (χ0n) is 8.87. The fourth-order valence-electron chi connectivity index (χ4n) is 1.87. The molecular weight excluding hydrogens is 274 g/mol. The number of aromatic nitrogens is 2. The highest BCUT2D eigenvalue weighted by atomic mass is 79.9. The molecule has 0 spiro atoms. The van der Waals surface area contributed by atoms with Gasteiger partial charge in [-0.05, 0) is 28.8 Å². The molecule has 0 unspecified atom stereocenters. The zero-order chi connectivity index (χ0) is 11.5. The average molecular weight is 288 g/mol. The Hall–Kier alpha value is -1.04. The lowest BCUT2D eigenvalue weighted by Gasteiger charge is -2.20. The summed E-state index contributed by atoms with van der Waals surface area (Å²) < 4.78 is 0.0890. The summed E-state index contributed by atoms with van der Waals surface area (Å²) in [5, 5.41) is 9.48. The van der Waals surface area contributed by atoms with Gasteiger partial charge in [-0.15, -0.1) is 0 Å². The minimum absolute atomic E-state index is 0.0890. The van der Waals surface area contributed by atoms with Gasteiger partial charge in [-0.2, -0.15) is 4.98 Å². The lowest BCUT2D eigenvalue weighted by Crippen LogP contribution is -2.28. The molecule has 0 bridgehead atoms. The first kappa shape index (κ1) is 11.4. The maximum absolute atomic E-state index is 11.5. The van der Waals surface area contributed by atoms with E-state index >= 15 is 0 Å². The van der Waals surface area contributed by atoms with Crippen LogP contribution in [0.5, 0.6) is 5.88 Å². The molecule has 6 heteroatoms. The van der Waals surface area contributed by atoms with Gasteiger partial charge in [0.2, 0.25) is 11.8 Å². The van der Waals surface area contributed by atoms with Crippen molar-refractivity contribution in [3.8, 4) is 5.88 Å². The number of nitrogens with one attached hydrogen (secondary N) is 1. The number of H-pyrrole nitrogens is 1. The number of rotatable bonds is 1. The quantitative estimate of drug-likeness (QED) is 0.824. The Bertz CT molecular complexity index is 425. The van der Waals surface area contributed by atoms with Gasteiger partial charge in [0.1, 0.15) is 4.47 Å². The van der Waals surface area contributed by atoms with Crippen LogP contribution in [0.4, 0.5) is 5.95 Å². The Balaban J connectivity index is 2.28. The number of aromatic hydroxyl groups is 1. The van der Waals surface area contributed by atoms with Gasteiger partial charge in [0.25, 0.3) is 5.56 Å². The van der Waals surface area contributed by atoms with Crippen molar-refractivity contribution in [1.82, 2.24) is 9.97 Å². The normalized spacial score (nSPS) is 17.2. The molecule has 1 saturated heterocycles. The van der Waals surface area contributed by atoms with E-state index in [0.29, 0.717) is 5.95 Å². The monoisotopic (exact) mass is 287 g/mol. The van der Waals surface area contributed by atoms with Gasteiger partial charge in [0, 0.05) is 13.1 Å². The van der Waals surface area contributed by atoms with E-state index in [9.17, 15) is 9.90 Å². The van der Waals surface area contributed by atoms with E-state index in [2.05, 4.69) is 25.9 Å². The van der Waals surface area contributed by atoms with Crippen LogP contribution in [-0.4, -0.2) is 28.2 Å². The van der Waals surface area contributed by atoms with Crippen molar-refractivity contribution in [3.05, 3.63) is 14.8 Å². The minimum Gasteiger partial charge on any atom is -0.492 e. The molecule has 2 N–H and O–H groups in total. The topological polar surface area (TPSA) is 69.2 Å². The summed E-state index contributed by atoms with van der Waals surface area (Å²) in [4.78, 5) is 20.1. The molecule has 1 aromatic heterocycles. The predicted octanol–water partition coefficient (Wildman–Crippen LogP) is 1.62. The summed E-state index contributed by atoms with van der Waals surface area (Å²) in [6.07, 6.45) is 4.62. The number of aromatic amines is 1. The van der Waals surface area contributed by atoms with E-state index in [4.69, 9.17) is 0 Å². The average Bonchev–Trinajstić information content (AvgIpc) is 2.53. The summed E-state index contributed by atoms with van der Waals surface area (Å²) in [6.45, 7) is 1.76. The largest absolute Gasteiger partial charge is 0.492 e. The molecule has 1 aliphatic rings. The molecule has 0 amide bonds. The molecule has 0 radical (unpaired) electrons. The van der Waals surface area contributed by atoms with Crippen molar-refractivity contribution in [2.45, 2.75) is 25.7 Å². The van der Waals surface area contributed by atoms with E-state index in [1.807, 2.05) is 4.90 Å². The molecule has 1 fully saturated rings. The summed E-state index contributed by atoms with van der Waals surface area (Å²) in [7, 11) is 0. The van der Waals surface area contributed by atoms with Crippen LogP contribution in [0.15, 0.2) is 9.27 Å². The molecular formula is C10H14BrN3O2. The fourth-order valence-corrected chi connectivity index (χ4v) is 2.06. The number of nitrogens with zero attached hydrogens (tertiary/aromatic N) is 2. The van der Waals surface area contributed by atoms with Gasteiger partial charge in [0.05, 0.1) is 0 Å². The van der Waals surface area contributed by atoms with Crippen molar-refractivity contribution in [1.29, 1.82) is 0 Å². The molecule has 0 aromatic carbocycles. The van der Waals surface area contributed by atoms with Crippen LogP contribution in [-0.2, 0) is 0 Å². The molecule has 16 heavy (non-hydrogen) atoms. The molecule has 0 saturated carbocycles. The maximum atomic E-state index is 11.5. The van der Waals surface area contributed by atoms with Crippen molar-refractivity contribution in [2.24, 2.45) is 0 Å². The number of halogens is 1. The Morgan fingerprint density at radius 3 is 2.44 bits per heavy atom. The molecule has 1 aromatic rings. The van der Waals surface area contributed by atoms with Crippen molar-refractivity contribution in [2.75, 3.05) is 18.0 Å². The minimum atomic E-state index is -0.341. The van der Waals surface area contributed by atoms with Crippen LogP contribution in [0.1, 0.15) is 25.7 Å². The Kier molecular flexibility index (Phi) is 3.48. The van der Waals surface area contributed by atoms with Gasteiger partial charge in [-0.1, -0.05) is 12.8 Å². The van der Waals surface area contributed by atoms with E-state index in [0.717, 1.165) is 25.9 Å². The van der Waals surface area contributed by atoms with Gasteiger partial charge >= 0.3 is 0 Å². The highest BCUT2D eigenvalue weighted by Gasteiger charge is 2.15. The van der Waals surface area contributed by atoms with Crippen LogP contribution < -0.4 is 10.5 Å². The smallest absolute Gasteiger partial charge is 0.270 e. The molecule has 1 aliphatic heterocycles. The molecule has 2 rings (SSSR count). The second kappa shape index (κ2) is 4.86. The van der Waals surface area contributed by atoms with Crippen LogP contribution >= 0.6 is 15.9 Å². The first-order chi connectivity index (χ1) is 7.68. The SMILES string of the molecule is O=c1[nH]c(N2CCCCCC2)nc(O)c1Br. The van der Waals surface area contributed by atoms with Crippen LogP contribution in [0, 0.1) is 0 Å². The third kappa shape index (κ3) is 2.37. The van der Waals surface area contributed by atoms with Crippen molar-refractivity contribution >= 4 is 21.9 Å². The molecule has 88 valence electrons. The first-order valence-electron chi connectivity index (χ1n) is 5.42. The zero-order valence-corrected chi connectivity index (χ0v) is 10.5. The number of hydrogen-bond donors (Lipinski definition) is 2. The fraction of sp³-hybridized carbons (Fsp3) is 0.600. The van der Waals surface area contributed by atoms with Gasteiger partial charge < -0.3 is 10.0 Å². The Morgan fingerprint density at radius 1 is 1.25 bits per heavy atom. The van der Waals surface area contributed by atoms with Crippen LogP contribution in [0.2, 0.25) is 0 Å². The number of anilines is 1. The summed E-state index contributed by atoms with van der Waals surface area (Å²) >= 11 is 2.98. The highest BCUT2D eigenvalue weighted by molar-refractivity contribution is 9.10. The lowest BCUT2D eigenvalue weighted by atomic mass is 10.2. The predicted molar refractivity (Wildman–Crippen MR) is 64.9 cm³/mol. The van der Waals surface area contributed by atoms with Gasteiger partial charge in [-0.3, -0.25) is 9.78 Å². The van der Waals surface area contributed by atoms with E-state index < -0.39 is 0 Å². The van der Waals surface area contributed by atoms with Crippen LogP contribution in [0.25, 0.3) is 0 Å². The van der Waals surface area contributed by atoms with Crippen molar-refractivity contribution < 1.29 is 5.11 Å². The molecule has 2 heterocycles. The summed E-state index contributed by atoms with van der Waals surface area (Å²) in [5.74, 6) is 0.218. The second-order valence-corrected chi connectivity index (χ2v) is 4.72. The standard InChI is InChI=1S/C10H14BrN3O2/c11-7-8(15)12-10(13-9(7)16)14-5-3-1-2-4-6-14/h1-6H2,(H2,12,13,15,16). The first-order valence-corrected chi connectivity index (χ1v) is 6.21. The molecule has 0 atom stereocenters. The summed E-state index contributed by atoms with van der Waals surface area (Å²) in [5.41, 5.74) is -0.341. The van der Waals surface area contributed by atoms with E-state index in [-0.39, 0.29) is 15.9 Å². The van der Waals surface area contributed by atoms with Gasteiger partial charge in [0.15, 0.2) is 0 Å². The highest BCUT2D eigenvalue weighted by Crippen LogP contribution is 2.20. The van der Waals surface area contributed by atoms with Gasteiger partial charge in [-0.25, -0.2) is 0 Å². The van der Waals surface area contributed by atoms with Crippen LogP contribution in [0.3, 0.4) is 0 Å².